The number of carbonyl (C=O) groups is 2. The fourth-order valence-electron chi connectivity index (χ4n) is 2.93. The lowest BCUT2D eigenvalue weighted by Gasteiger charge is -2.20. The Balaban J connectivity index is 1.91. The maximum absolute atomic E-state index is 12.7. The quantitative estimate of drug-likeness (QED) is 0.891. The third-order valence-corrected chi connectivity index (χ3v) is 4.20. The molecule has 122 valence electrons. The van der Waals surface area contributed by atoms with Crippen LogP contribution in [0, 0.1) is 0 Å². The Morgan fingerprint density at radius 3 is 2.74 bits per heavy atom. The monoisotopic (exact) mass is 318 g/mol. The van der Waals surface area contributed by atoms with E-state index in [0.29, 0.717) is 17.9 Å². The molecular weight excluding hydrogens is 300 g/mol. The summed E-state index contributed by atoms with van der Waals surface area (Å²) >= 11 is 0. The van der Waals surface area contributed by atoms with Crippen LogP contribution in [0.15, 0.2) is 24.3 Å². The largest absolute Gasteiger partial charge is 0.497 e. The number of rotatable bonds is 4. The van der Waals surface area contributed by atoms with E-state index in [2.05, 4.69) is 4.98 Å². The molecule has 2 N–H and O–H groups in total. The topological polar surface area (TPSA) is 91.9 Å². The number of nitrogens with zero attached hydrogens (tertiary/aromatic N) is 1. The number of hydrogen-bond donors (Lipinski definition) is 2. The van der Waals surface area contributed by atoms with Crippen molar-refractivity contribution in [3.63, 3.8) is 0 Å². The van der Waals surface area contributed by atoms with Crippen molar-refractivity contribution in [2.24, 2.45) is 0 Å². The molecule has 1 aromatic heterocycles. The minimum Gasteiger partial charge on any atom is -0.497 e. The molecule has 2 unspecified atom stereocenters. The van der Waals surface area contributed by atoms with Gasteiger partial charge in [-0.2, -0.15) is 0 Å². The highest BCUT2D eigenvalue weighted by Crippen LogP contribution is 2.25. The molecule has 7 nitrogen and oxygen atoms in total. The van der Waals surface area contributed by atoms with Crippen LogP contribution in [-0.2, 0) is 9.53 Å². The van der Waals surface area contributed by atoms with Gasteiger partial charge in [0.25, 0.3) is 5.91 Å². The normalized spacial score (nSPS) is 20.9. The number of amides is 1. The highest BCUT2D eigenvalue weighted by Gasteiger charge is 2.40. The van der Waals surface area contributed by atoms with E-state index in [1.54, 1.807) is 19.2 Å². The molecule has 3 rings (SSSR count). The third-order valence-electron chi connectivity index (χ3n) is 4.20. The van der Waals surface area contributed by atoms with Crippen LogP contribution < -0.4 is 4.74 Å². The summed E-state index contributed by atoms with van der Waals surface area (Å²) in [5, 5.41) is 10.2. The first-order valence-electron chi connectivity index (χ1n) is 7.27. The lowest BCUT2D eigenvalue weighted by Crippen LogP contribution is -2.40. The Labute approximate surface area is 132 Å². The Kier molecular flexibility index (Phi) is 3.96. The third kappa shape index (κ3) is 2.75. The molecule has 0 saturated carbocycles. The first kappa shape index (κ1) is 15.4. The molecule has 1 aliphatic rings. The summed E-state index contributed by atoms with van der Waals surface area (Å²) in [6.45, 7) is 0.269. The van der Waals surface area contributed by atoms with Crippen LogP contribution in [0.4, 0.5) is 0 Å². The SMILES string of the molecule is COc1ccc2[nH]c(C(=O)N3CC(OC)CC3C(=O)O)cc2c1. The number of carboxylic acids is 1. The standard InChI is InChI=1S/C16H18N2O5/c1-22-10-3-4-12-9(5-10)6-13(17-12)15(19)18-8-11(23-2)7-14(18)16(20)21/h3-6,11,14,17H,7-8H2,1-2H3,(H,20,21). The Morgan fingerprint density at radius 1 is 1.30 bits per heavy atom. The molecule has 7 heteroatoms. The molecule has 2 aromatic rings. The van der Waals surface area contributed by atoms with E-state index in [1.165, 1.54) is 12.0 Å². The lowest BCUT2D eigenvalue weighted by molar-refractivity contribution is -0.141. The van der Waals surface area contributed by atoms with Crippen LogP contribution in [-0.4, -0.2) is 59.8 Å². The molecule has 1 saturated heterocycles. The van der Waals surface area contributed by atoms with E-state index in [9.17, 15) is 14.7 Å². The van der Waals surface area contributed by atoms with Crippen molar-refractivity contribution in [1.29, 1.82) is 0 Å². The number of aromatic nitrogens is 1. The zero-order valence-electron chi connectivity index (χ0n) is 12.9. The molecule has 1 aliphatic heterocycles. The number of hydrogen-bond acceptors (Lipinski definition) is 4. The van der Waals surface area contributed by atoms with Gasteiger partial charge in [-0.25, -0.2) is 4.79 Å². The van der Waals surface area contributed by atoms with Gasteiger partial charge in [0.2, 0.25) is 0 Å². The van der Waals surface area contributed by atoms with Crippen molar-refractivity contribution in [2.45, 2.75) is 18.6 Å². The average Bonchev–Trinajstić information content (AvgIpc) is 3.17. The van der Waals surface area contributed by atoms with Gasteiger partial charge < -0.3 is 24.5 Å². The van der Waals surface area contributed by atoms with Gasteiger partial charge in [0.1, 0.15) is 17.5 Å². The van der Waals surface area contributed by atoms with Crippen LogP contribution in [0.2, 0.25) is 0 Å². The maximum Gasteiger partial charge on any atom is 0.326 e. The van der Waals surface area contributed by atoms with Gasteiger partial charge in [-0.1, -0.05) is 0 Å². The minimum atomic E-state index is -1.02. The summed E-state index contributed by atoms with van der Waals surface area (Å²) in [7, 11) is 3.10. The van der Waals surface area contributed by atoms with Gasteiger partial charge in [0.05, 0.1) is 13.2 Å². The molecule has 0 aliphatic carbocycles. The minimum absolute atomic E-state index is 0.260. The number of carboxylic acid groups (broad SMARTS) is 1. The first-order chi connectivity index (χ1) is 11.0. The molecule has 0 spiro atoms. The number of likely N-dealkylation sites (tertiary alicyclic amines) is 1. The number of carbonyl (C=O) groups excluding carboxylic acids is 1. The fraction of sp³-hybridized carbons (Fsp3) is 0.375. The summed E-state index contributed by atoms with van der Waals surface area (Å²) in [4.78, 5) is 28.5. The van der Waals surface area contributed by atoms with Crippen molar-refractivity contribution in [1.82, 2.24) is 9.88 Å². The molecule has 2 atom stereocenters. The van der Waals surface area contributed by atoms with E-state index >= 15 is 0 Å². The average molecular weight is 318 g/mol. The highest BCUT2D eigenvalue weighted by atomic mass is 16.5. The second-order valence-corrected chi connectivity index (χ2v) is 5.54. The number of ether oxygens (including phenoxy) is 2. The van der Waals surface area contributed by atoms with E-state index < -0.39 is 12.0 Å². The van der Waals surface area contributed by atoms with Gasteiger partial charge in [0, 0.05) is 31.0 Å². The molecule has 0 bridgehead atoms. The molecule has 1 aromatic carbocycles. The summed E-state index contributed by atoms with van der Waals surface area (Å²) in [6.07, 6.45) is 0.0375. The number of nitrogens with one attached hydrogen (secondary N) is 1. The van der Waals surface area contributed by atoms with Gasteiger partial charge >= 0.3 is 5.97 Å². The van der Waals surface area contributed by atoms with Crippen molar-refractivity contribution < 1.29 is 24.2 Å². The summed E-state index contributed by atoms with van der Waals surface area (Å²) in [5.74, 6) is -0.665. The zero-order valence-corrected chi connectivity index (χ0v) is 12.9. The van der Waals surface area contributed by atoms with Gasteiger partial charge in [0.15, 0.2) is 0 Å². The number of methoxy groups -OCH3 is 2. The summed E-state index contributed by atoms with van der Waals surface area (Å²) < 4.78 is 10.4. The Bertz CT molecular complexity index is 754. The van der Waals surface area contributed by atoms with Crippen molar-refractivity contribution >= 4 is 22.8 Å². The predicted octanol–water partition coefficient (Wildman–Crippen LogP) is 1.49. The predicted molar refractivity (Wildman–Crippen MR) is 82.7 cm³/mol. The Hall–Kier alpha value is -2.54. The summed E-state index contributed by atoms with van der Waals surface area (Å²) in [6, 6.07) is 6.28. The molecular formula is C16H18N2O5. The van der Waals surface area contributed by atoms with Crippen LogP contribution in [0.1, 0.15) is 16.9 Å². The molecule has 2 heterocycles. The maximum atomic E-state index is 12.7. The van der Waals surface area contributed by atoms with Crippen LogP contribution in [0.5, 0.6) is 5.75 Å². The second-order valence-electron chi connectivity index (χ2n) is 5.54. The number of benzene rings is 1. The molecule has 23 heavy (non-hydrogen) atoms. The van der Waals surface area contributed by atoms with Crippen LogP contribution >= 0.6 is 0 Å². The van der Waals surface area contributed by atoms with E-state index in [-0.39, 0.29) is 18.6 Å². The van der Waals surface area contributed by atoms with Gasteiger partial charge in [-0.3, -0.25) is 4.79 Å². The van der Waals surface area contributed by atoms with Crippen molar-refractivity contribution in [3.05, 3.63) is 30.0 Å². The van der Waals surface area contributed by atoms with Gasteiger partial charge in [-0.05, 0) is 24.3 Å². The summed E-state index contributed by atoms with van der Waals surface area (Å²) in [5.41, 5.74) is 1.15. The smallest absolute Gasteiger partial charge is 0.326 e. The van der Waals surface area contributed by atoms with Gasteiger partial charge in [-0.15, -0.1) is 0 Å². The lowest BCUT2D eigenvalue weighted by atomic mass is 10.2. The number of H-pyrrole nitrogens is 1. The number of fused-ring (bicyclic) bond motifs is 1. The van der Waals surface area contributed by atoms with Crippen LogP contribution in [0.3, 0.4) is 0 Å². The molecule has 1 fully saturated rings. The first-order valence-corrected chi connectivity index (χ1v) is 7.27. The highest BCUT2D eigenvalue weighted by molar-refractivity contribution is 6.00. The fourth-order valence-corrected chi connectivity index (χ4v) is 2.93. The van der Waals surface area contributed by atoms with E-state index in [4.69, 9.17) is 9.47 Å². The van der Waals surface area contributed by atoms with Crippen molar-refractivity contribution in [3.8, 4) is 5.75 Å². The molecule has 1 amide bonds. The van der Waals surface area contributed by atoms with E-state index in [0.717, 1.165) is 10.9 Å². The van der Waals surface area contributed by atoms with Crippen molar-refractivity contribution in [2.75, 3.05) is 20.8 Å². The number of aliphatic carboxylic acids is 1. The Morgan fingerprint density at radius 2 is 2.09 bits per heavy atom. The molecule has 0 radical (unpaired) electrons. The van der Waals surface area contributed by atoms with E-state index in [1.807, 2.05) is 12.1 Å². The van der Waals surface area contributed by atoms with Crippen LogP contribution in [0.25, 0.3) is 10.9 Å². The number of aromatic amines is 1. The second kappa shape index (κ2) is 5.92. The zero-order chi connectivity index (χ0) is 16.6.